The van der Waals surface area contributed by atoms with Crippen molar-refractivity contribution in [2.45, 2.75) is 39.7 Å². The molecule has 5 heteroatoms. The molecule has 2 heterocycles. The molecule has 0 N–H and O–H groups in total. The molecule has 0 saturated carbocycles. The molecule has 2 saturated heterocycles. The van der Waals surface area contributed by atoms with Crippen molar-refractivity contribution in [2.75, 3.05) is 19.6 Å². The Bertz CT molecular complexity index is 629. The highest BCUT2D eigenvalue weighted by molar-refractivity contribution is 5.86. The maximum Gasteiger partial charge on any atom is 0.230 e. The smallest absolute Gasteiger partial charge is 0.230 e. The van der Waals surface area contributed by atoms with Crippen LogP contribution in [0.3, 0.4) is 0 Å². The third-order valence-corrected chi connectivity index (χ3v) is 5.27. The Morgan fingerprint density at radius 1 is 1.21 bits per heavy atom. The van der Waals surface area contributed by atoms with Crippen molar-refractivity contribution in [2.24, 2.45) is 11.3 Å². The number of carbonyl (C=O) groups excluding carboxylic acids is 2. The fraction of sp³-hybridized carbons (Fsp3) is 0.579. The molecule has 130 valence electrons. The average Bonchev–Trinajstić information content (AvgIpc) is 2.98. The van der Waals surface area contributed by atoms with Gasteiger partial charge in [-0.15, -0.1) is 0 Å². The number of piperidine rings is 1. The predicted molar refractivity (Wildman–Crippen MR) is 89.5 cm³/mol. The third-order valence-electron chi connectivity index (χ3n) is 5.27. The van der Waals surface area contributed by atoms with Gasteiger partial charge in [0.1, 0.15) is 5.82 Å². The van der Waals surface area contributed by atoms with Crippen LogP contribution in [0.25, 0.3) is 0 Å². The molecule has 2 aliphatic rings. The van der Waals surface area contributed by atoms with Crippen LogP contribution >= 0.6 is 0 Å². The van der Waals surface area contributed by atoms with E-state index in [-0.39, 0.29) is 23.5 Å². The van der Waals surface area contributed by atoms with Crippen LogP contribution in [-0.2, 0) is 16.1 Å². The molecule has 1 aromatic carbocycles. The van der Waals surface area contributed by atoms with Crippen LogP contribution < -0.4 is 0 Å². The van der Waals surface area contributed by atoms with Gasteiger partial charge < -0.3 is 9.80 Å². The molecular formula is C19H25FN2O2. The minimum atomic E-state index is -0.414. The molecule has 1 unspecified atom stereocenters. The van der Waals surface area contributed by atoms with Crippen LogP contribution in [0.4, 0.5) is 4.39 Å². The van der Waals surface area contributed by atoms with Crippen LogP contribution in [0.15, 0.2) is 24.3 Å². The molecule has 2 fully saturated rings. The second-order valence-corrected chi connectivity index (χ2v) is 7.40. The number of nitrogens with zero attached hydrogens (tertiary/aromatic N) is 2. The van der Waals surface area contributed by atoms with Crippen LogP contribution in [-0.4, -0.2) is 41.2 Å². The number of hydrogen-bond donors (Lipinski definition) is 0. The van der Waals surface area contributed by atoms with E-state index in [4.69, 9.17) is 0 Å². The molecule has 3 rings (SSSR count). The first-order valence-electron chi connectivity index (χ1n) is 8.74. The summed E-state index contributed by atoms with van der Waals surface area (Å²) in [5.41, 5.74) is 0.526. The first kappa shape index (κ1) is 16.9. The highest BCUT2D eigenvalue weighted by Crippen LogP contribution is 2.40. The molecular weight excluding hydrogens is 307 g/mol. The van der Waals surface area contributed by atoms with Crippen molar-refractivity contribution in [3.8, 4) is 0 Å². The summed E-state index contributed by atoms with van der Waals surface area (Å²) in [6.07, 6.45) is 2.56. The van der Waals surface area contributed by atoms with Gasteiger partial charge in [0.15, 0.2) is 0 Å². The van der Waals surface area contributed by atoms with E-state index < -0.39 is 5.41 Å². The molecule has 2 aliphatic heterocycles. The van der Waals surface area contributed by atoms with Gasteiger partial charge in [0.25, 0.3) is 0 Å². The summed E-state index contributed by atoms with van der Waals surface area (Å²) in [5, 5.41) is 0. The monoisotopic (exact) mass is 332 g/mol. The summed E-state index contributed by atoms with van der Waals surface area (Å²) in [4.78, 5) is 29.0. The van der Waals surface area contributed by atoms with E-state index in [1.165, 1.54) is 12.1 Å². The Morgan fingerprint density at radius 2 is 1.92 bits per heavy atom. The van der Waals surface area contributed by atoms with Gasteiger partial charge in [-0.3, -0.25) is 9.59 Å². The number of hydrogen-bond acceptors (Lipinski definition) is 2. The van der Waals surface area contributed by atoms with Gasteiger partial charge in [-0.2, -0.15) is 0 Å². The number of halogens is 1. The van der Waals surface area contributed by atoms with Crippen LogP contribution in [0.5, 0.6) is 0 Å². The third kappa shape index (κ3) is 3.17. The van der Waals surface area contributed by atoms with Gasteiger partial charge in [-0.25, -0.2) is 4.39 Å². The minimum Gasteiger partial charge on any atom is -0.341 e. The van der Waals surface area contributed by atoms with Crippen molar-refractivity contribution in [1.29, 1.82) is 0 Å². The minimum absolute atomic E-state index is 0.0332. The fourth-order valence-corrected chi connectivity index (χ4v) is 3.92. The number of benzene rings is 1. The fourth-order valence-electron chi connectivity index (χ4n) is 3.92. The van der Waals surface area contributed by atoms with Crippen LogP contribution in [0.1, 0.15) is 38.7 Å². The molecule has 0 aromatic heterocycles. The Morgan fingerprint density at radius 3 is 2.58 bits per heavy atom. The average molecular weight is 332 g/mol. The maximum absolute atomic E-state index is 13.1. The molecule has 1 aromatic rings. The highest BCUT2D eigenvalue weighted by Gasteiger charge is 2.49. The first-order valence-corrected chi connectivity index (χ1v) is 8.74. The molecule has 0 radical (unpaired) electrons. The lowest BCUT2D eigenvalue weighted by atomic mass is 9.78. The van der Waals surface area contributed by atoms with Crippen LogP contribution in [0, 0.1) is 17.2 Å². The first-order chi connectivity index (χ1) is 11.4. The Balaban J connectivity index is 1.71. The van der Waals surface area contributed by atoms with Crippen molar-refractivity contribution in [3.63, 3.8) is 0 Å². The zero-order valence-corrected chi connectivity index (χ0v) is 14.4. The van der Waals surface area contributed by atoms with E-state index in [1.54, 1.807) is 12.1 Å². The SMILES string of the molecule is CC(C)C(=O)N1CCC2(CCCN(Cc3ccc(F)cc3)C2=O)C1. The standard InChI is InChI=1S/C19H25FN2O2/c1-14(2)17(23)22-11-9-19(13-22)8-3-10-21(18(19)24)12-15-4-6-16(20)7-5-15/h4-7,14H,3,8-13H2,1-2H3. The zero-order valence-electron chi connectivity index (χ0n) is 14.4. The number of carbonyl (C=O) groups is 2. The normalized spacial score (nSPS) is 24.2. The molecule has 24 heavy (non-hydrogen) atoms. The largest absolute Gasteiger partial charge is 0.341 e. The second kappa shape index (κ2) is 6.54. The van der Waals surface area contributed by atoms with Crippen molar-refractivity contribution < 1.29 is 14.0 Å². The number of likely N-dealkylation sites (tertiary alicyclic amines) is 2. The topological polar surface area (TPSA) is 40.6 Å². The summed E-state index contributed by atoms with van der Waals surface area (Å²) in [7, 11) is 0. The zero-order chi connectivity index (χ0) is 17.3. The van der Waals surface area contributed by atoms with Gasteiger partial charge in [0.2, 0.25) is 11.8 Å². The molecule has 1 spiro atoms. The molecule has 2 amide bonds. The summed E-state index contributed by atoms with van der Waals surface area (Å²) >= 11 is 0. The van der Waals surface area contributed by atoms with Gasteiger partial charge >= 0.3 is 0 Å². The summed E-state index contributed by atoms with van der Waals surface area (Å²) in [6.45, 7) is 6.26. The van der Waals surface area contributed by atoms with E-state index in [0.717, 1.165) is 31.4 Å². The van der Waals surface area contributed by atoms with E-state index >= 15 is 0 Å². The number of amides is 2. The molecule has 4 nitrogen and oxygen atoms in total. The molecule has 1 atom stereocenters. The molecule has 0 bridgehead atoms. The molecule has 0 aliphatic carbocycles. The Labute approximate surface area is 142 Å². The predicted octanol–water partition coefficient (Wildman–Crippen LogP) is 2.82. The lowest BCUT2D eigenvalue weighted by Crippen LogP contribution is -2.50. The quantitative estimate of drug-likeness (QED) is 0.854. The van der Waals surface area contributed by atoms with Crippen molar-refractivity contribution >= 4 is 11.8 Å². The van der Waals surface area contributed by atoms with Gasteiger partial charge in [0, 0.05) is 32.1 Å². The maximum atomic E-state index is 13.1. The Hall–Kier alpha value is -1.91. The van der Waals surface area contributed by atoms with Gasteiger partial charge in [-0.1, -0.05) is 26.0 Å². The van der Waals surface area contributed by atoms with Crippen molar-refractivity contribution in [3.05, 3.63) is 35.6 Å². The van der Waals surface area contributed by atoms with E-state index in [9.17, 15) is 14.0 Å². The van der Waals surface area contributed by atoms with E-state index in [1.807, 2.05) is 23.6 Å². The number of rotatable bonds is 3. The van der Waals surface area contributed by atoms with Gasteiger partial charge in [0.05, 0.1) is 5.41 Å². The summed E-state index contributed by atoms with van der Waals surface area (Å²) in [6, 6.07) is 6.32. The summed E-state index contributed by atoms with van der Waals surface area (Å²) < 4.78 is 13.0. The van der Waals surface area contributed by atoms with Gasteiger partial charge in [-0.05, 0) is 37.0 Å². The lowest BCUT2D eigenvalue weighted by molar-refractivity contribution is -0.147. The van der Waals surface area contributed by atoms with Crippen LogP contribution in [0.2, 0.25) is 0 Å². The Kier molecular flexibility index (Phi) is 4.61. The second-order valence-electron chi connectivity index (χ2n) is 7.40. The van der Waals surface area contributed by atoms with E-state index in [2.05, 4.69) is 0 Å². The lowest BCUT2D eigenvalue weighted by Gasteiger charge is -2.39. The highest BCUT2D eigenvalue weighted by atomic mass is 19.1. The van der Waals surface area contributed by atoms with E-state index in [0.29, 0.717) is 19.6 Å². The van der Waals surface area contributed by atoms with Crippen molar-refractivity contribution in [1.82, 2.24) is 9.80 Å². The summed E-state index contributed by atoms with van der Waals surface area (Å²) in [5.74, 6) is -0.0135.